The van der Waals surface area contributed by atoms with E-state index >= 15 is 0 Å². The van der Waals surface area contributed by atoms with E-state index in [1.165, 1.54) is 80.5 Å². The highest BCUT2D eigenvalue weighted by Crippen LogP contribution is 2.52. The molecule has 0 saturated heterocycles. The van der Waals surface area contributed by atoms with E-state index in [9.17, 15) is 0 Å². The van der Waals surface area contributed by atoms with Crippen molar-refractivity contribution in [1.82, 2.24) is 14.1 Å². The van der Waals surface area contributed by atoms with Crippen molar-refractivity contribution in [1.29, 1.82) is 0 Å². The summed E-state index contributed by atoms with van der Waals surface area (Å²) in [4.78, 5) is 6.72. The predicted octanol–water partition coefficient (Wildman–Crippen LogP) is 13.5. The van der Waals surface area contributed by atoms with Crippen molar-refractivity contribution in [3.8, 4) is 33.9 Å². The Morgan fingerprint density at radius 1 is 0.537 bits per heavy atom. The topological polar surface area (TPSA) is 22.8 Å². The van der Waals surface area contributed by atoms with Crippen molar-refractivity contribution < 1.29 is 0 Å². The number of fused-ring (bicyclic) bond motifs is 10. The smallest absolute Gasteiger partial charge is 0.146 e. The van der Waals surface area contributed by atoms with Gasteiger partial charge in [0, 0.05) is 58.3 Å². The first-order valence-corrected chi connectivity index (χ1v) is 20.2. The molecule has 2 aliphatic rings. The third-order valence-electron chi connectivity index (χ3n) is 11.3. The van der Waals surface area contributed by atoms with E-state index in [1.807, 2.05) is 23.1 Å². The second-order valence-electron chi connectivity index (χ2n) is 14.2. The van der Waals surface area contributed by atoms with Crippen LogP contribution in [-0.2, 0) is 0 Å². The number of hydrogen-bond donors (Lipinski definition) is 0. The van der Waals surface area contributed by atoms with Gasteiger partial charge in [0.2, 0.25) is 0 Å². The van der Waals surface area contributed by atoms with E-state index in [-0.39, 0.29) is 0 Å². The average molecular weight is 726 g/mol. The van der Waals surface area contributed by atoms with Gasteiger partial charge in [-0.25, -0.2) is 4.98 Å². The number of para-hydroxylation sites is 4. The Hall–Kier alpha value is -6.14. The number of thiophene rings is 1. The number of nitrogens with zero attached hydrogens (tertiary/aromatic N) is 3. The van der Waals surface area contributed by atoms with Crippen LogP contribution in [0.15, 0.2) is 181 Å². The molecule has 2 atom stereocenters. The molecule has 1 aliphatic heterocycles. The minimum atomic E-state index is 0.393. The quantitative estimate of drug-likeness (QED) is 0.180. The van der Waals surface area contributed by atoms with Crippen molar-refractivity contribution in [2.24, 2.45) is 0 Å². The first-order valence-electron chi connectivity index (χ1n) is 18.5. The highest BCUT2D eigenvalue weighted by Gasteiger charge is 2.34. The van der Waals surface area contributed by atoms with Gasteiger partial charge in [0.25, 0.3) is 0 Å². The molecule has 0 spiro atoms. The highest BCUT2D eigenvalue weighted by atomic mass is 32.2. The summed E-state index contributed by atoms with van der Waals surface area (Å²) in [6.45, 7) is 0. The molecular formula is C49H31N3S2. The Bertz CT molecular complexity index is 3210. The van der Waals surface area contributed by atoms with E-state index in [0.29, 0.717) is 11.2 Å². The standard InChI is InChI=1S/C49H31N3S2/c1-2-12-32(13-3-1)51-40-19-7-4-14-33(40)37-28-30(24-26-41(37)51)31-25-27-45-38(29-31)47-43(21-11-23-46(47)53-45)52-42-20-8-6-18-39(42)50-49(52)36-17-10-16-35-34-15-5-9-22-44(34)54-48(35)36/h1-29,34,44H. The van der Waals surface area contributed by atoms with Crippen LogP contribution >= 0.6 is 23.1 Å². The minimum absolute atomic E-state index is 0.393. The largest absolute Gasteiger partial charge is 0.309 e. The van der Waals surface area contributed by atoms with Gasteiger partial charge in [-0.05, 0) is 83.4 Å². The molecule has 1 aliphatic carbocycles. The number of aromatic nitrogens is 3. The van der Waals surface area contributed by atoms with Crippen LogP contribution in [-0.4, -0.2) is 19.4 Å². The second kappa shape index (κ2) is 11.7. The van der Waals surface area contributed by atoms with Gasteiger partial charge in [-0.3, -0.25) is 4.57 Å². The summed E-state index contributed by atoms with van der Waals surface area (Å²) in [6, 6.07) is 55.5. The predicted molar refractivity (Wildman–Crippen MR) is 230 cm³/mol. The van der Waals surface area contributed by atoms with Crippen molar-refractivity contribution in [3.63, 3.8) is 0 Å². The summed E-state index contributed by atoms with van der Waals surface area (Å²) in [5, 5.41) is 5.48. The highest BCUT2D eigenvalue weighted by molar-refractivity contribution is 8.00. The lowest BCUT2D eigenvalue weighted by Crippen LogP contribution is -2.06. The third-order valence-corrected chi connectivity index (χ3v) is 13.8. The van der Waals surface area contributed by atoms with Crippen molar-refractivity contribution >= 4 is 76.1 Å². The maximum atomic E-state index is 5.38. The molecule has 2 unspecified atom stereocenters. The molecule has 0 radical (unpaired) electrons. The van der Waals surface area contributed by atoms with Gasteiger partial charge in [-0.15, -0.1) is 23.1 Å². The lowest BCUT2D eigenvalue weighted by molar-refractivity contribution is 0.880. The summed E-state index contributed by atoms with van der Waals surface area (Å²) in [5.74, 6) is 1.39. The van der Waals surface area contributed by atoms with Gasteiger partial charge in [-0.2, -0.15) is 0 Å². The second-order valence-corrected chi connectivity index (χ2v) is 16.5. The van der Waals surface area contributed by atoms with Crippen LogP contribution in [0, 0.1) is 0 Å². The molecule has 0 amide bonds. The summed E-state index contributed by atoms with van der Waals surface area (Å²) >= 11 is 3.84. The van der Waals surface area contributed by atoms with Gasteiger partial charge < -0.3 is 4.57 Å². The fraction of sp³-hybridized carbons (Fsp3) is 0.0408. The van der Waals surface area contributed by atoms with Gasteiger partial charge in [-0.1, -0.05) is 109 Å². The molecular weight excluding hydrogens is 695 g/mol. The number of rotatable bonds is 4. The van der Waals surface area contributed by atoms with E-state index in [1.54, 1.807) is 0 Å². The van der Waals surface area contributed by atoms with Crippen LogP contribution in [0.2, 0.25) is 0 Å². The van der Waals surface area contributed by atoms with Gasteiger partial charge in [0.15, 0.2) is 0 Å². The normalized spacial score (nSPS) is 16.3. The number of benzene rings is 7. The van der Waals surface area contributed by atoms with E-state index in [2.05, 4.69) is 185 Å². The molecule has 3 nitrogen and oxygen atoms in total. The molecule has 10 aromatic rings. The third kappa shape index (κ3) is 4.40. The molecule has 4 heterocycles. The Balaban J connectivity index is 1.07. The molecule has 0 N–H and O–H groups in total. The van der Waals surface area contributed by atoms with Crippen LogP contribution in [0.1, 0.15) is 11.5 Å². The number of thioether (sulfide) groups is 1. The molecule has 7 aromatic carbocycles. The van der Waals surface area contributed by atoms with Crippen LogP contribution in [0.25, 0.3) is 86.9 Å². The van der Waals surface area contributed by atoms with Gasteiger partial charge in [0.1, 0.15) is 5.82 Å². The van der Waals surface area contributed by atoms with Gasteiger partial charge >= 0.3 is 0 Å². The monoisotopic (exact) mass is 725 g/mol. The van der Waals surface area contributed by atoms with Gasteiger partial charge in [0.05, 0.1) is 27.8 Å². The van der Waals surface area contributed by atoms with Crippen molar-refractivity contribution in [2.75, 3.05) is 0 Å². The number of hydrogen-bond acceptors (Lipinski definition) is 3. The van der Waals surface area contributed by atoms with Crippen molar-refractivity contribution in [2.45, 2.75) is 16.1 Å². The zero-order valence-corrected chi connectivity index (χ0v) is 30.7. The lowest BCUT2D eigenvalue weighted by atomic mass is 9.91. The van der Waals surface area contributed by atoms with Crippen LogP contribution in [0.5, 0.6) is 0 Å². The van der Waals surface area contributed by atoms with E-state index in [4.69, 9.17) is 4.98 Å². The Morgan fingerprint density at radius 2 is 1.30 bits per heavy atom. The summed E-state index contributed by atoms with van der Waals surface area (Å²) in [5.41, 5.74) is 11.9. The minimum Gasteiger partial charge on any atom is -0.309 e. The summed E-state index contributed by atoms with van der Waals surface area (Å²) in [6.07, 6.45) is 9.07. The van der Waals surface area contributed by atoms with Crippen molar-refractivity contribution in [3.05, 3.63) is 182 Å². The molecule has 3 aromatic heterocycles. The molecule has 0 fully saturated rings. The first kappa shape index (κ1) is 30.3. The Labute approximate surface area is 320 Å². The van der Waals surface area contributed by atoms with Crippen LogP contribution in [0.3, 0.4) is 0 Å². The fourth-order valence-electron chi connectivity index (χ4n) is 8.87. The van der Waals surface area contributed by atoms with Crippen LogP contribution in [0.4, 0.5) is 0 Å². The Morgan fingerprint density at radius 3 is 2.22 bits per heavy atom. The molecule has 5 heteroatoms. The maximum absolute atomic E-state index is 5.38. The van der Waals surface area contributed by atoms with Crippen LogP contribution < -0.4 is 0 Å². The van der Waals surface area contributed by atoms with E-state index in [0.717, 1.165) is 16.9 Å². The number of imidazole rings is 1. The first-order chi connectivity index (χ1) is 26.8. The number of allylic oxidation sites excluding steroid dienone is 3. The molecule has 12 rings (SSSR count). The van der Waals surface area contributed by atoms with E-state index < -0.39 is 0 Å². The lowest BCUT2D eigenvalue weighted by Gasteiger charge is -2.15. The average Bonchev–Trinajstić information content (AvgIpc) is 3.99. The molecule has 0 saturated carbocycles. The molecule has 54 heavy (non-hydrogen) atoms. The zero-order valence-electron chi connectivity index (χ0n) is 29.1. The maximum Gasteiger partial charge on any atom is 0.146 e. The summed E-state index contributed by atoms with van der Waals surface area (Å²) < 4.78 is 7.36. The zero-order chi connectivity index (χ0) is 35.3. The molecule has 254 valence electrons. The fourth-order valence-corrected chi connectivity index (χ4v) is 11.4. The molecule has 0 bridgehead atoms. The summed E-state index contributed by atoms with van der Waals surface area (Å²) in [7, 11) is 0. The SMILES string of the molecule is C1=CC2Sc3c(-c4nc5ccccc5n4-c4cccc5sc6ccc(-c7ccc8c(c7)c7ccccc7n8-c7ccccc7)cc6c45)cccc3C2C=C1. The Kier molecular flexibility index (Phi) is 6.56.